The SMILES string of the molecule is CCS(=O)(=O)C1CN(C(=O)CNS(=O)(=O)c2ccc(C(C)(C)C)cc2)C1. The second-order valence-corrected chi connectivity index (χ2v) is 11.8. The van der Waals surface area contributed by atoms with E-state index in [1.807, 2.05) is 20.8 Å². The molecule has 0 aliphatic carbocycles. The zero-order chi connectivity index (χ0) is 19.8. The Morgan fingerprint density at radius 2 is 1.65 bits per heavy atom. The Kier molecular flexibility index (Phi) is 5.84. The van der Waals surface area contributed by atoms with Crippen LogP contribution >= 0.6 is 0 Å². The number of carbonyl (C=O) groups excluding carboxylic acids is 1. The van der Waals surface area contributed by atoms with Gasteiger partial charge in [-0.05, 0) is 23.1 Å². The van der Waals surface area contributed by atoms with E-state index in [9.17, 15) is 21.6 Å². The minimum absolute atomic E-state index is 0.0386. The highest BCUT2D eigenvalue weighted by Gasteiger charge is 2.38. The topological polar surface area (TPSA) is 101 Å². The van der Waals surface area contributed by atoms with Gasteiger partial charge >= 0.3 is 0 Å². The van der Waals surface area contributed by atoms with Crippen molar-refractivity contribution in [3.63, 3.8) is 0 Å². The van der Waals surface area contributed by atoms with Crippen LogP contribution in [0.4, 0.5) is 0 Å². The van der Waals surface area contributed by atoms with E-state index in [0.717, 1.165) is 5.56 Å². The van der Waals surface area contributed by atoms with Crippen molar-refractivity contribution in [2.24, 2.45) is 0 Å². The van der Waals surface area contributed by atoms with E-state index in [2.05, 4.69) is 4.72 Å². The highest BCUT2D eigenvalue weighted by molar-refractivity contribution is 7.92. The van der Waals surface area contributed by atoms with Crippen molar-refractivity contribution in [1.29, 1.82) is 0 Å². The Labute approximate surface area is 155 Å². The van der Waals surface area contributed by atoms with Gasteiger partial charge in [-0.1, -0.05) is 39.8 Å². The van der Waals surface area contributed by atoms with Gasteiger partial charge in [0.25, 0.3) is 0 Å². The third-order valence-corrected chi connectivity index (χ3v) is 8.09. The van der Waals surface area contributed by atoms with Crippen molar-refractivity contribution in [3.8, 4) is 0 Å². The molecule has 1 saturated heterocycles. The maximum Gasteiger partial charge on any atom is 0.241 e. The number of likely N-dealkylation sites (tertiary alicyclic amines) is 1. The van der Waals surface area contributed by atoms with Crippen LogP contribution in [0.25, 0.3) is 0 Å². The number of carbonyl (C=O) groups is 1. The van der Waals surface area contributed by atoms with Crippen LogP contribution in [-0.4, -0.2) is 58.3 Å². The highest BCUT2D eigenvalue weighted by Crippen LogP contribution is 2.23. The van der Waals surface area contributed by atoms with Crippen LogP contribution in [-0.2, 0) is 30.1 Å². The number of amides is 1. The van der Waals surface area contributed by atoms with Gasteiger partial charge in [0, 0.05) is 18.8 Å². The number of benzene rings is 1. The Morgan fingerprint density at radius 3 is 2.12 bits per heavy atom. The first kappa shape index (κ1) is 20.9. The molecule has 1 aromatic carbocycles. The van der Waals surface area contributed by atoms with Crippen molar-refractivity contribution < 1.29 is 21.6 Å². The first-order valence-electron chi connectivity index (χ1n) is 8.46. The third-order valence-electron chi connectivity index (χ3n) is 4.56. The lowest BCUT2D eigenvalue weighted by molar-refractivity contribution is -0.133. The lowest BCUT2D eigenvalue weighted by atomic mass is 9.87. The normalized spacial score (nSPS) is 16.4. The van der Waals surface area contributed by atoms with E-state index >= 15 is 0 Å². The molecule has 26 heavy (non-hydrogen) atoms. The molecule has 0 atom stereocenters. The number of sulfonamides is 1. The van der Waals surface area contributed by atoms with Gasteiger partial charge in [0.15, 0.2) is 9.84 Å². The lowest BCUT2D eigenvalue weighted by Crippen LogP contribution is -2.59. The van der Waals surface area contributed by atoms with Crippen molar-refractivity contribution in [3.05, 3.63) is 29.8 Å². The molecule has 146 valence electrons. The summed E-state index contributed by atoms with van der Waals surface area (Å²) in [5.41, 5.74) is 0.926. The maximum absolute atomic E-state index is 12.3. The average molecular weight is 403 g/mol. The van der Waals surface area contributed by atoms with Gasteiger partial charge in [0.05, 0.1) is 16.7 Å². The lowest BCUT2D eigenvalue weighted by Gasteiger charge is -2.38. The van der Waals surface area contributed by atoms with Crippen LogP contribution in [0.5, 0.6) is 0 Å². The Hall–Kier alpha value is -1.45. The van der Waals surface area contributed by atoms with E-state index in [-0.39, 0.29) is 35.7 Å². The molecule has 1 fully saturated rings. The van der Waals surface area contributed by atoms with Crippen molar-refractivity contribution in [2.75, 3.05) is 25.4 Å². The Bertz CT molecular complexity index is 863. The van der Waals surface area contributed by atoms with Crippen molar-refractivity contribution >= 4 is 25.8 Å². The molecule has 1 N–H and O–H groups in total. The van der Waals surface area contributed by atoms with Crippen LogP contribution in [0.3, 0.4) is 0 Å². The first-order valence-corrected chi connectivity index (χ1v) is 11.7. The van der Waals surface area contributed by atoms with Crippen LogP contribution < -0.4 is 4.72 Å². The molecule has 0 bridgehead atoms. The average Bonchev–Trinajstić information content (AvgIpc) is 2.50. The van der Waals surface area contributed by atoms with Crippen LogP contribution in [0.2, 0.25) is 0 Å². The minimum atomic E-state index is -3.80. The standard InChI is InChI=1S/C17H26N2O5S2/c1-5-25(21,22)15-11-19(12-15)16(20)10-18-26(23,24)14-8-6-13(7-9-14)17(2,3)4/h6-9,15,18H,5,10-12H2,1-4H3. The third kappa shape index (κ3) is 4.63. The van der Waals surface area contributed by atoms with E-state index in [1.54, 1.807) is 19.1 Å². The molecule has 0 saturated carbocycles. The Balaban J connectivity index is 1.93. The van der Waals surface area contributed by atoms with Crippen LogP contribution in [0.1, 0.15) is 33.3 Å². The van der Waals surface area contributed by atoms with E-state index < -0.39 is 31.0 Å². The van der Waals surface area contributed by atoms with E-state index in [4.69, 9.17) is 0 Å². The zero-order valence-electron chi connectivity index (χ0n) is 15.5. The van der Waals surface area contributed by atoms with Gasteiger partial charge in [-0.2, -0.15) is 0 Å². The molecule has 0 aromatic heterocycles. The number of hydrogen-bond donors (Lipinski definition) is 1. The fraction of sp³-hybridized carbons (Fsp3) is 0.588. The highest BCUT2D eigenvalue weighted by atomic mass is 32.2. The van der Waals surface area contributed by atoms with Crippen molar-refractivity contribution in [2.45, 2.75) is 43.3 Å². The number of rotatable bonds is 6. The maximum atomic E-state index is 12.3. The molecular weight excluding hydrogens is 376 g/mol. The molecule has 1 aromatic rings. The van der Waals surface area contributed by atoms with Gasteiger partial charge in [-0.15, -0.1) is 0 Å². The molecule has 9 heteroatoms. The fourth-order valence-electron chi connectivity index (χ4n) is 2.59. The molecular formula is C17H26N2O5S2. The second kappa shape index (κ2) is 7.28. The molecule has 7 nitrogen and oxygen atoms in total. The summed E-state index contributed by atoms with van der Waals surface area (Å²) in [6, 6.07) is 6.54. The number of hydrogen-bond acceptors (Lipinski definition) is 5. The van der Waals surface area contributed by atoms with Crippen molar-refractivity contribution in [1.82, 2.24) is 9.62 Å². The molecule has 0 radical (unpaired) electrons. The summed E-state index contributed by atoms with van der Waals surface area (Å²) in [6.07, 6.45) is 0. The van der Waals surface area contributed by atoms with Crippen LogP contribution in [0.15, 0.2) is 29.2 Å². The second-order valence-electron chi connectivity index (χ2n) is 7.47. The summed E-state index contributed by atoms with van der Waals surface area (Å²) < 4.78 is 50.3. The number of nitrogens with zero attached hydrogens (tertiary/aromatic N) is 1. The summed E-state index contributed by atoms with van der Waals surface area (Å²) >= 11 is 0. The van der Waals surface area contributed by atoms with Gasteiger partial charge in [0.1, 0.15) is 0 Å². The largest absolute Gasteiger partial charge is 0.339 e. The van der Waals surface area contributed by atoms with Gasteiger partial charge in [-0.25, -0.2) is 21.6 Å². The molecule has 1 aliphatic heterocycles. The molecule has 1 aliphatic rings. The van der Waals surface area contributed by atoms with Gasteiger partial charge in [-0.3, -0.25) is 4.79 Å². The first-order chi connectivity index (χ1) is 11.9. The summed E-state index contributed by atoms with van der Waals surface area (Å²) in [5, 5.41) is -0.544. The number of nitrogens with one attached hydrogen (secondary N) is 1. The molecule has 1 amide bonds. The number of sulfone groups is 1. The summed E-state index contributed by atoms with van der Waals surface area (Å²) in [4.78, 5) is 13.5. The van der Waals surface area contributed by atoms with E-state index in [0.29, 0.717) is 0 Å². The molecule has 2 rings (SSSR count). The monoisotopic (exact) mass is 402 g/mol. The molecule has 0 spiro atoms. The van der Waals surface area contributed by atoms with E-state index in [1.165, 1.54) is 17.0 Å². The summed E-state index contributed by atoms with van der Waals surface area (Å²) in [7, 11) is -6.96. The fourth-order valence-corrected chi connectivity index (χ4v) is 4.85. The quantitative estimate of drug-likeness (QED) is 0.762. The summed E-state index contributed by atoms with van der Waals surface area (Å²) in [6.45, 7) is 7.53. The predicted octanol–water partition coefficient (Wildman–Crippen LogP) is 0.908. The van der Waals surface area contributed by atoms with Gasteiger partial charge in [0.2, 0.25) is 15.9 Å². The molecule has 1 heterocycles. The molecule has 0 unspecified atom stereocenters. The zero-order valence-corrected chi connectivity index (χ0v) is 17.2. The predicted molar refractivity (Wildman–Crippen MR) is 100 cm³/mol. The van der Waals surface area contributed by atoms with Gasteiger partial charge < -0.3 is 4.90 Å². The minimum Gasteiger partial charge on any atom is -0.339 e. The van der Waals surface area contributed by atoms with Crippen LogP contribution in [0, 0.1) is 0 Å². The summed E-state index contributed by atoms with van der Waals surface area (Å²) in [5.74, 6) is -0.390. The smallest absolute Gasteiger partial charge is 0.241 e. The Morgan fingerprint density at radius 1 is 1.12 bits per heavy atom.